The molecule has 0 unspecified atom stereocenters. The molecule has 1 aliphatic rings. The second-order valence-electron chi connectivity index (χ2n) is 8.40. The lowest BCUT2D eigenvalue weighted by molar-refractivity contribution is 0.233. The fraction of sp³-hybridized carbons (Fsp3) is 0.333. The number of imidazole rings is 1. The zero-order valence-corrected chi connectivity index (χ0v) is 18.5. The molecule has 1 aliphatic heterocycles. The standard InChI is InChI=1S/C24H28N8/c1-31(2)24-23(27-7-8-28-24)18-3-4-20-21(14-18)30-22(29-20)15-19-13-17(5-6-26-19)16-32-11-9-25-10-12-32/h3-8,13-14,25H,9-12,15-16H2,1-2H3,(H,29,30). The van der Waals surface area contributed by atoms with E-state index < -0.39 is 0 Å². The number of hydrogen-bond donors (Lipinski definition) is 2. The number of hydrogen-bond acceptors (Lipinski definition) is 7. The minimum absolute atomic E-state index is 0.674. The summed E-state index contributed by atoms with van der Waals surface area (Å²) in [6.07, 6.45) is 6.02. The van der Waals surface area contributed by atoms with Crippen LogP contribution in [0.25, 0.3) is 22.3 Å². The summed E-state index contributed by atoms with van der Waals surface area (Å²) in [5, 5.41) is 3.40. The first kappa shape index (κ1) is 20.5. The first-order chi connectivity index (χ1) is 15.7. The molecule has 0 atom stereocenters. The van der Waals surface area contributed by atoms with Crippen LogP contribution < -0.4 is 10.2 Å². The zero-order valence-electron chi connectivity index (χ0n) is 18.5. The van der Waals surface area contributed by atoms with Crippen LogP contribution in [-0.2, 0) is 13.0 Å². The average Bonchev–Trinajstić information content (AvgIpc) is 3.21. The van der Waals surface area contributed by atoms with Gasteiger partial charge in [0.1, 0.15) is 11.5 Å². The molecule has 1 fully saturated rings. The fourth-order valence-electron chi connectivity index (χ4n) is 4.18. The quantitative estimate of drug-likeness (QED) is 0.488. The molecule has 0 spiro atoms. The Morgan fingerprint density at radius 2 is 1.81 bits per heavy atom. The molecule has 5 rings (SSSR count). The van der Waals surface area contributed by atoms with Crippen molar-refractivity contribution in [1.29, 1.82) is 0 Å². The molecule has 32 heavy (non-hydrogen) atoms. The first-order valence-electron chi connectivity index (χ1n) is 11.0. The normalized spacial score (nSPS) is 14.7. The number of pyridine rings is 1. The molecule has 1 saturated heterocycles. The Labute approximate surface area is 187 Å². The molecule has 0 bridgehead atoms. The van der Waals surface area contributed by atoms with Gasteiger partial charge in [-0.05, 0) is 29.8 Å². The van der Waals surface area contributed by atoms with Crippen LogP contribution in [0.15, 0.2) is 48.9 Å². The molecule has 164 valence electrons. The summed E-state index contributed by atoms with van der Waals surface area (Å²) >= 11 is 0. The van der Waals surface area contributed by atoms with Crippen molar-refractivity contribution in [1.82, 2.24) is 35.1 Å². The smallest absolute Gasteiger partial charge is 0.154 e. The van der Waals surface area contributed by atoms with Gasteiger partial charge in [-0.1, -0.05) is 6.07 Å². The highest BCUT2D eigenvalue weighted by molar-refractivity contribution is 5.83. The van der Waals surface area contributed by atoms with E-state index >= 15 is 0 Å². The Kier molecular flexibility index (Phi) is 5.79. The van der Waals surface area contributed by atoms with Crippen LogP contribution in [0.2, 0.25) is 0 Å². The number of aromatic nitrogens is 5. The Balaban J connectivity index is 1.36. The van der Waals surface area contributed by atoms with Gasteiger partial charge in [0.15, 0.2) is 5.82 Å². The van der Waals surface area contributed by atoms with Crippen LogP contribution in [0.4, 0.5) is 5.82 Å². The lowest BCUT2D eigenvalue weighted by atomic mass is 10.1. The summed E-state index contributed by atoms with van der Waals surface area (Å²) in [7, 11) is 3.95. The molecule has 0 radical (unpaired) electrons. The van der Waals surface area contributed by atoms with Crippen LogP contribution in [0.5, 0.6) is 0 Å². The number of H-pyrrole nitrogens is 1. The van der Waals surface area contributed by atoms with Gasteiger partial charge in [-0.2, -0.15) is 0 Å². The summed E-state index contributed by atoms with van der Waals surface area (Å²) in [4.78, 5) is 26.3. The van der Waals surface area contributed by atoms with Gasteiger partial charge in [0.2, 0.25) is 0 Å². The summed E-state index contributed by atoms with van der Waals surface area (Å²) in [5.41, 5.74) is 6.13. The maximum Gasteiger partial charge on any atom is 0.154 e. The second kappa shape index (κ2) is 9.02. The molecule has 8 nitrogen and oxygen atoms in total. The van der Waals surface area contributed by atoms with Crippen LogP contribution in [0.3, 0.4) is 0 Å². The minimum atomic E-state index is 0.674. The molecular formula is C24H28N8. The van der Waals surface area contributed by atoms with E-state index in [2.05, 4.69) is 54.4 Å². The molecule has 0 saturated carbocycles. The number of fused-ring (bicyclic) bond motifs is 1. The number of benzene rings is 1. The Bertz CT molecular complexity index is 1210. The molecule has 2 N–H and O–H groups in total. The van der Waals surface area contributed by atoms with Gasteiger partial charge >= 0.3 is 0 Å². The fourth-order valence-corrected chi connectivity index (χ4v) is 4.18. The van der Waals surface area contributed by atoms with Crippen molar-refractivity contribution < 1.29 is 0 Å². The van der Waals surface area contributed by atoms with Gasteiger partial charge in [-0.25, -0.2) is 9.97 Å². The SMILES string of the molecule is CN(C)c1nccnc1-c1ccc2nc(Cc3cc(CN4CCNCC4)ccn3)[nH]c2c1. The number of piperazine rings is 1. The monoisotopic (exact) mass is 428 g/mol. The number of nitrogens with one attached hydrogen (secondary N) is 2. The van der Waals surface area contributed by atoms with Crippen molar-refractivity contribution in [3.8, 4) is 11.3 Å². The number of anilines is 1. The van der Waals surface area contributed by atoms with Gasteiger partial charge in [0.05, 0.1) is 11.0 Å². The van der Waals surface area contributed by atoms with E-state index in [0.717, 1.165) is 72.4 Å². The minimum Gasteiger partial charge on any atom is -0.361 e. The summed E-state index contributed by atoms with van der Waals surface area (Å²) in [5.74, 6) is 1.76. The van der Waals surface area contributed by atoms with Crippen molar-refractivity contribution in [2.24, 2.45) is 0 Å². The molecule has 8 heteroatoms. The van der Waals surface area contributed by atoms with Crippen molar-refractivity contribution in [2.45, 2.75) is 13.0 Å². The van der Waals surface area contributed by atoms with E-state index in [4.69, 9.17) is 4.98 Å². The van der Waals surface area contributed by atoms with Crippen molar-refractivity contribution in [3.05, 3.63) is 66.0 Å². The third-order valence-corrected chi connectivity index (χ3v) is 5.75. The van der Waals surface area contributed by atoms with E-state index in [1.54, 1.807) is 12.4 Å². The van der Waals surface area contributed by atoms with E-state index in [9.17, 15) is 0 Å². The predicted octanol–water partition coefficient (Wildman–Crippen LogP) is 2.48. The van der Waals surface area contributed by atoms with Gasteiger partial charge in [-0.3, -0.25) is 14.9 Å². The van der Waals surface area contributed by atoms with E-state index in [-0.39, 0.29) is 0 Å². The lowest BCUT2D eigenvalue weighted by Gasteiger charge is -2.27. The highest BCUT2D eigenvalue weighted by atomic mass is 15.2. The molecule has 1 aromatic carbocycles. The Morgan fingerprint density at radius 3 is 2.66 bits per heavy atom. The van der Waals surface area contributed by atoms with Gasteiger partial charge in [0, 0.05) is 83.1 Å². The van der Waals surface area contributed by atoms with Crippen molar-refractivity contribution in [2.75, 3.05) is 45.2 Å². The Hall–Kier alpha value is -3.36. The van der Waals surface area contributed by atoms with Crippen molar-refractivity contribution in [3.63, 3.8) is 0 Å². The lowest BCUT2D eigenvalue weighted by Crippen LogP contribution is -2.42. The Morgan fingerprint density at radius 1 is 0.969 bits per heavy atom. The summed E-state index contributed by atoms with van der Waals surface area (Å²) in [6.45, 7) is 5.26. The highest BCUT2D eigenvalue weighted by Gasteiger charge is 2.13. The van der Waals surface area contributed by atoms with Gasteiger partial charge in [-0.15, -0.1) is 0 Å². The van der Waals surface area contributed by atoms with E-state index in [1.807, 2.05) is 31.3 Å². The van der Waals surface area contributed by atoms with Crippen molar-refractivity contribution >= 4 is 16.9 Å². The van der Waals surface area contributed by atoms with Crippen LogP contribution in [0, 0.1) is 0 Å². The zero-order chi connectivity index (χ0) is 21.9. The summed E-state index contributed by atoms with van der Waals surface area (Å²) in [6, 6.07) is 10.5. The van der Waals surface area contributed by atoms with Crippen LogP contribution in [-0.4, -0.2) is 70.1 Å². The maximum atomic E-state index is 4.78. The third-order valence-electron chi connectivity index (χ3n) is 5.75. The summed E-state index contributed by atoms with van der Waals surface area (Å²) < 4.78 is 0. The molecule has 0 amide bonds. The highest BCUT2D eigenvalue weighted by Crippen LogP contribution is 2.28. The average molecular weight is 429 g/mol. The molecule has 0 aliphatic carbocycles. The van der Waals surface area contributed by atoms with Crippen LogP contribution in [0.1, 0.15) is 17.1 Å². The molecule has 4 heterocycles. The topological polar surface area (TPSA) is 85.9 Å². The molecule has 4 aromatic rings. The third kappa shape index (κ3) is 4.46. The van der Waals surface area contributed by atoms with E-state index in [0.29, 0.717) is 6.42 Å². The van der Waals surface area contributed by atoms with Crippen LogP contribution >= 0.6 is 0 Å². The number of aromatic amines is 1. The second-order valence-corrected chi connectivity index (χ2v) is 8.40. The van der Waals surface area contributed by atoms with E-state index in [1.165, 1.54) is 5.56 Å². The largest absolute Gasteiger partial charge is 0.361 e. The predicted molar refractivity (Wildman–Crippen MR) is 127 cm³/mol. The van der Waals surface area contributed by atoms with Gasteiger partial charge < -0.3 is 15.2 Å². The maximum absolute atomic E-state index is 4.78. The number of rotatable bonds is 6. The first-order valence-corrected chi connectivity index (χ1v) is 11.0. The number of nitrogens with zero attached hydrogens (tertiary/aromatic N) is 6. The molecule has 3 aromatic heterocycles. The molecular weight excluding hydrogens is 400 g/mol. The van der Waals surface area contributed by atoms with Gasteiger partial charge in [0.25, 0.3) is 0 Å².